The van der Waals surface area contributed by atoms with Crippen molar-refractivity contribution in [3.63, 3.8) is 0 Å². The molecule has 0 saturated heterocycles. The maximum absolute atomic E-state index is 13.6. The molecule has 138 valence electrons. The lowest BCUT2D eigenvalue weighted by atomic mass is 10.2. The van der Waals surface area contributed by atoms with Crippen molar-refractivity contribution in [2.45, 2.75) is 20.0 Å². The van der Waals surface area contributed by atoms with Gasteiger partial charge in [-0.25, -0.2) is 9.38 Å². The second-order valence-electron chi connectivity index (χ2n) is 5.34. The Kier molecular flexibility index (Phi) is 7.76. The van der Waals surface area contributed by atoms with E-state index in [1.165, 1.54) is 6.07 Å². The van der Waals surface area contributed by atoms with Crippen molar-refractivity contribution in [3.8, 4) is 0 Å². The van der Waals surface area contributed by atoms with Gasteiger partial charge in [-0.3, -0.25) is 4.40 Å². The number of nitrogens with zero attached hydrogens (tertiary/aromatic N) is 4. The van der Waals surface area contributed by atoms with Gasteiger partial charge in [0.05, 0.1) is 17.6 Å². The molecule has 3 rings (SSSR count). The van der Waals surface area contributed by atoms with Crippen molar-refractivity contribution >= 4 is 51.5 Å². The van der Waals surface area contributed by atoms with E-state index in [1.54, 1.807) is 6.07 Å². The lowest BCUT2D eigenvalue weighted by molar-refractivity contribution is 0.618. The molecule has 2 heterocycles. The zero-order valence-electron chi connectivity index (χ0n) is 14.1. The first-order valence-electron chi connectivity index (χ1n) is 7.92. The van der Waals surface area contributed by atoms with E-state index < -0.39 is 0 Å². The van der Waals surface area contributed by atoms with E-state index >= 15 is 0 Å². The second-order valence-corrected chi connectivity index (χ2v) is 6.20. The van der Waals surface area contributed by atoms with E-state index in [0.29, 0.717) is 23.5 Å². The first-order valence-corrected chi connectivity index (χ1v) is 8.71. The van der Waals surface area contributed by atoms with Gasteiger partial charge in [0.25, 0.3) is 0 Å². The van der Waals surface area contributed by atoms with Gasteiger partial charge in [-0.2, -0.15) is 0 Å². The van der Waals surface area contributed by atoms with Crippen LogP contribution in [0.4, 0.5) is 4.39 Å². The van der Waals surface area contributed by atoms with Crippen LogP contribution in [0.2, 0.25) is 0 Å². The van der Waals surface area contributed by atoms with Crippen LogP contribution in [0.1, 0.15) is 18.3 Å². The molecule has 0 bridgehead atoms. The highest BCUT2D eigenvalue weighted by Crippen LogP contribution is 2.16. The second kappa shape index (κ2) is 9.81. The smallest absolute Gasteiger partial charge is 0.191 e. The third-order valence-corrected chi connectivity index (χ3v) is 4.19. The van der Waals surface area contributed by atoms with Gasteiger partial charge in [0.15, 0.2) is 17.4 Å². The highest BCUT2D eigenvalue weighted by atomic mass is 127. The molecule has 0 saturated carbocycles. The highest BCUT2D eigenvalue weighted by molar-refractivity contribution is 14.0. The lowest BCUT2D eigenvalue weighted by Gasteiger charge is -2.10. The molecule has 0 amide bonds. The SMILES string of the molecule is CCNC(=NCc1ccc(Br)c(F)c1)NCc1nnc2ccccn12.I. The maximum atomic E-state index is 13.6. The summed E-state index contributed by atoms with van der Waals surface area (Å²) in [5.74, 6) is 1.13. The number of benzene rings is 1. The standard InChI is InChI=1S/C17H18BrFN6.HI/c1-2-20-17(21-10-12-6-7-13(18)14(19)9-12)22-11-16-24-23-15-5-3-4-8-25(15)16;/h3-9H,2,10-11H2,1H3,(H2,20,21,22);1H. The van der Waals surface area contributed by atoms with Crippen LogP contribution < -0.4 is 10.6 Å². The molecule has 2 aromatic heterocycles. The summed E-state index contributed by atoms with van der Waals surface area (Å²) in [5, 5.41) is 14.7. The first kappa shape index (κ1) is 20.6. The van der Waals surface area contributed by atoms with Crippen LogP contribution in [0.3, 0.4) is 0 Å². The minimum Gasteiger partial charge on any atom is -0.357 e. The fourth-order valence-electron chi connectivity index (χ4n) is 2.32. The Morgan fingerprint density at radius 3 is 2.85 bits per heavy atom. The van der Waals surface area contributed by atoms with Gasteiger partial charge in [-0.15, -0.1) is 34.2 Å². The summed E-state index contributed by atoms with van der Waals surface area (Å²) in [6.45, 7) is 3.57. The normalized spacial score (nSPS) is 11.3. The minimum atomic E-state index is -0.291. The van der Waals surface area contributed by atoms with Crippen LogP contribution in [0.5, 0.6) is 0 Å². The number of hydrogen-bond donors (Lipinski definition) is 2. The van der Waals surface area contributed by atoms with Crippen molar-refractivity contribution in [1.29, 1.82) is 0 Å². The van der Waals surface area contributed by atoms with Crippen LogP contribution in [0.25, 0.3) is 5.65 Å². The van der Waals surface area contributed by atoms with Crippen molar-refractivity contribution in [3.05, 3.63) is 64.3 Å². The fraction of sp³-hybridized carbons (Fsp3) is 0.235. The van der Waals surface area contributed by atoms with Crippen LogP contribution >= 0.6 is 39.9 Å². The monoisotopic (exact) mass is 532 g/mol. The molecule has 2 N–H and O–H groups in total. The number of rotatable bonds is 5. The average molecular weight is 533 g/mol. The molecule has 9 heteroatoms. The van der Waals surface area contributed by atoms with Crippen LogP contribution in [-0.4, -0.2) is 27.1 Å². The predicted molar refractivity (Wildman–Crippen MR) is 114 cm³/mol. The molecule has 1 aromatic carbocycles. The number of fused-ring (bicyclic) bond motifs is 1. The summed E-state index contributed by atoms with van der Waals surface area (Å²) in [5.41, 5.74) is 1.59. The Morgan fingerprint density at radius 2 is 2.08 bits per heavy atom. The number of guanidine groups is 1. The first-order chi connectivity index (χ1) is 12.2. The average Bonchev–Trinajstić information content (AvgIpc) is 3.03. The van der Waals surface area contributed by atoms with Gasteiger partial charge in [0.1, 0.15) is 5.82 Å². The Morgan fingerprint density at radius 1 is 1.23 bits per heavy atom. The molecule has 0 radical (unpaired) electrons. The molecule has 6 nitrogen and oxygen atoms in total. The van der Waals surface area contributed by atoms with Crippen molar-refractivity contribution in [2.24, 2.45) is 4.99 Å². The maximum Gasteiger partial charge on any atom is 0.191 e. The molecule has 26 heavy (non-hydrogen) atoms. The van der Waals surface area contributed by atoms with Crippen LogP contribution in [0.15, 0.2) is 52.1 Å². The van der Waals surface area contributed by atoms with Crippen molar-refractivity contribution in [1.82, 2.24) is 25.2 Å². The Hall–Kier alpha value is -1.75. The topological polar surface area (TPSA) is 66.6 Å². The van der Waals surface area contributed by atoms with E-state index in [-0.39, 0.29) is 29.8 Å². The molecule has 0 unspecified atom stereocenters. The van der Waals surface area contributed by atoms with Crippen molar-refractivity contribution in [2.75, 3.05) is 6.54 Å². The fourth-order valence-corrected chi connectivity index (χ4v) is 2.57. The lowest BCUT2D eigenvalue weighted by Crippen LogP contribution is -2.37. The molecule has 0 spiro atoms. The number of hydrogen-bond acceptors (Lipinski definition) is 3. The molecular formula is C17H19BrFIN6. The Balaban J connectivity index is 0.00000243. The quantitative estimate of drug-likeness (QED) is 0.300. The van der Waals surface area contributed by atoms with Gasteiger partial charge in [-0.1, -0.05) is 12.1 Å². The van der Waals surface area contributed by atoms with E-state index in [2.05, 4.69) is 41.8 Å². The number of halogens is 3. The van der Waals surface area contributed by atoms with Gasteiger partial charge >= 0.3 is 0 Å². The predicted octanol–water partition coefficient (Wildman–Crippen LogP) is 3.50. The molecule has 0 aliphatic carbocycles. The van der Waals surface area contributed by atoms with Crippen molar-refractivity contribution < 1.29 is 4.39 Å². The van der Waals surface area contributed by atoms with Crippen LogP contribution in [0, 0.1) is 5.82 Å². The number of pyridine rings is 1. The van der Waals surface area contributed by atoms with E-state index in [9.17, 15) is 4.39 Å². The molecule has 0 atom stereocenters. The van der Waals surface area contributed by atoms with E-state index in [4.69, 9.17) is 0 Å². The summed E-state index contributed by atoms with van der Waals surface area (Å²) in [6, 6.07) is 10.8. The van der Waals surface area contributed by atoms with Gasteiger partial charge < -0.3 is 10.6 Å². The van der Waals surface area contributed by atoms with Gasteiger partial charge in [0, 0.05) is 12.7 Å². The van der Waals surface area contributed by atoms with E-state index in [1.807, 2.05) is 41.8 Å². The molecule has 0 aliphatic rings. The molecule has 3 aromatic rings. The summed E-state index contributed by atoms with van der Waals surface area (Å²) >= 11 is 3.15. The van der Waals surface area contributed by atoms with Gasteiger partial charge in [0.2, 0.25) is 0 Å². The highest BCUT2D eigenvalue weighted by Gasteiger charge is 2.06. The summed E-state index contributed by atoms with van der Waals surface area (Å²) in [6.07, 6.45) is 1.92. The largest absolute Gasteiger partial charge is 0.357 e. The summed E-state index contributed by atoms with van der Waals surface area (Å²) < 4.78 is 16.0. The van der Waals surface area contributed by atoms with E-state index in [0.717, 1.165) is 23.6 Å². The third-order valence-electron chi connectivity index (χ3n) is 3.55. The zero-order chi connectivity index (χ0) is 17.6. The zero-order valence-corrected chi connectivity index (χ0v) is 18.0. The summed E-state index contributed by atoms with van der Waals surface area (Å²) in [7, 11) is 0. The minimum absolute atomic E-state index is 0. The van der Waals surface area contributed by atoms with Gasteiger partial charge in [-0.05, 0) is 52.7 Å². The molecule has 0 aliphatic heterocycles. The number of aliphatic imine (C=N–C) groups is 1. The number of aromatic nitrogens is 3. The Bertz CT molecular complexity index is 898. The molecular weight excluding hydrogens is 514 g/mol. The number of nitrogens with one attached hydrogen (secondary N) is 2. The van der Waals surface area contributed by atoms with Crippen LogP contribution in [-0.2, 0) is 13.1 Å². The molecule has 0 fully saturated rings. The Labute approximate surface area is 176 Å². The summed E-state index contributed by atoms with van der Waals surface area (Å²) in [4.78, 5) is 4.49. The third kappa shape index (κ3) is 5.13.